The van der Waals surface area contributed by atoms with Crippen molar-refractivity contribution in [3.8, 4) is 0 Å². The van der Waals surface area contributed by atoms with Gasteiger partial charge in [-0.25, -0.2) is 9.78 Å². The topological polar surface area (TPSA) is 61.4 Å². The second kappa shape index (κ2) is 7.68. The summed E-state index contributed by atoms with van der Waals surface area (Å²) in [6, 6.07) is 5.15. The molecule has 1 aliphatic rings. The fraction of sp³-hybridized carbons (Fsp3) is 0.312. The molecule has 126 valence electrons. The molecular weight excluding hydrogens is 349 g/mol. The predicted molar refractivity (Wildman–Crippen MR) is 94.5 cm³/mol. The van der Waals surface area contributed by atoms with E-state index in [9.17, 15) is 4.79 Å². The van der Waals surface area contributed by atoms with E-state index in [1.165, 1.54) is 0 Å². The second-order valence-electron chi connectivity index (χ2n) is 5.43. The van der Waals surface area contributed by atoms with Gasteiger partial charge >= 0.3 is 6.03 Å². The third-order valence-corrected chi connectivity index (χ3v) is 4.47. The lowest BCUT2D eigenvalue weighted by Crippen LogP contribution is -2.51. The van der Waals surface area contributed by atoms with E-state index in [4.69, 9.17) is 23.2 Å². The maximum absolute atomic E-state index is 12.3. The lowest BCUT2D eigenvalue weighted by Gasteiger charge is -2.35. The summed E-state index contributed by atoms with van der Waals surface area (Å²) in [5.74, 6) is 0.838. The molecule has 1 aliphatic heterocycles. The Balaban J connectivity index is 1.50. The Labute approximate surface area is 150 Å². The van der Waals surface area contributed by atoms with Gasteiger partial charge in [-0.2, -0.15) is 0 Å². The van der Waals surface area contributed by atoms with Crippen molar-refractivity contribution in [3.05, 3.63) is 52.4 Å². The Kier molecular flexibility index (Phi) is 5.37. The van der Waals surface area contributed by atoms with Crippen LogP contribution in [0.1, 0.15) is 5.56 Å². The number of carbonyl (C=O) groups is 1. The summed E-state index contributed by atoms with van der Waals surface area (Å²) in [4.78, 5) is 24.6. The fourth-order valence-corrected chi connectivity index (χ4v) is 3.02. The average Bonchev–Trinajstić information content (AvgIpc) is 2.62. The molecule has 0 radical (unpaired) electrons. The molecule has 1 aromatic heterocycles. The zero-order valence-corrected chi connectivity index (χ0v) is 14.5. The molecule has 0 aliphatic carbocycles. The van der Waals surface area contributed by atoms with E-state index < -0.39 is 0 Å². The van der Waals surface area contributed by atoms with Gasteiger partial charge < -0.3 is 15.1 Å². The van der Waals surface area contributed by atoms with Gasteiger partial charge in [-0.05, 0) is 17.7 Å². The molecule has 0 spiro atoms. The van der Waals surface area contributed by atoms with E-state index in [0.717, 1.165) is 24.5 Å². The van der Waals surface area contributed by atoms with E-state index >= 15 is 0 Å². The molecule has 1 N–H and O–H groups in total. The number of anilines is 1. The molecule has 2 aromatic rings. The lowest BCUT2D eigenvalue weighted by molar-refractivity contribution is 0.194. The molecule has 1 saturated heterocycles. The molecule has 24 heavy (non-hydrogen) atoms. The molecule has 3 rings (SSSR count). The first kappa shape index (κ1) is 16.8. The molecule has 2 amide bonds. The first-order valence-electron chi connectivity index (χ1n) is 7.61. The maximum atomic E-state index is 12.3. The minimum absolute atomic E-state index is 0.0974. The first-order valence-corrected chi connectivity index (χ1v) is 8.37. The summed E-state index contributed by atoms with van der Waals surface area (Å²) in [5, 5.41) is 4.03. The Morgan fingerprint density at radius 1 is 1.17 bits per heavy atom. The van der Waals surface area contributed by atoms with Gasteiger partial charge in [-0.15, -0.1) is 0 Å². The highest BCUT2D eigenvalue weighted by atomic mass is 35.5. The van der Waals surface area contributed by atoms with Crippen LogP contribution in [-0.4, -0.2) is 47.1 Å². The Morgan fingerprint density at radius 2 is 1.96 bits per heavy atom. The highest BCUT2D eigenvalue weighted by molar-refractivity contribution is 6.35. The molecule has 0 atom stereocenters. The highest BCUT2D eigenvalue weighted by Crippen LogP contribution is 2.20. The number of carbonyl (C=O) groups excluding carboxylic acids is 1. The molecule has 0 bridgehead atoms. The van der Waals surface area contributed by atoms with Gasteiger partial charge in [-0.3, -0.25) is 4.98 Å². The Morgan fingerprint density at radius 3 is 2.62 bits per heavy atom. The van der Waals surface area contributed by atoms with Crippen LogP contribution in [0.15, 0.2) is 36.8 Å². The van der Waals surface area contributed by atoms with Gasteiger partial charge in [0.1, 0.15) is 5.82 Å². The maximum Gasteiger partial charge on any atom is 0.317 e. The number of benzene rings is 1. The van der Waals surface area contributed by atoms with Crippen LogP contribution >= 0.6 is 23.2 Å². The molecule has 0 saturated carbocycles. The number of hydrogen-bond acceptors (Lipinski definition) is 4. The SMILES string of the molecule is O=C(NCc1ccc(Cl)cc1Cl)N1CCN(c2cnccn2)CC1. The zero-order valence-electron chi connectivity index (χ0n) is 13.0. The van der Waals surface area contributed by atoms with Gasteiger partial charge in [0.05, 0.1) is 6.20 Å². The van der Waals surface area contributed by atoms with Gasteiger partial charge in [0.25, 0.3) is 0 Å². The molecule has 8 heteroatoms. The molecule has 6 nitrogen and oxygen atoms in total. The number of piperazine rings is 1. The number of hydrogen-bond donors (Lipinski definition) is 1. The van der Waals surface area contributed by atoms with E-state index in [1.807, 2.05) is 6.07 Å². The van der Waals surface area contributed by atoms with Crippen LogP contribution in [0.2, 0.25) is 10.0 Å². The van der Waals surface area contributed by atoms with Gasteiger partial charge in [-0.1, -0.05) is 29.3 Å². The third kappa shape index (κ3) is 4.07. The van der Waals surface area contributed by atoms with Crippen molar-refractivity contribution in [1.29, 1.82) is 0 Å². The van der Waals surface area contributed by atoms with Gasteiger partial charge in [0.15, 0.2) is 0 Å². The summed E-state index contributed by atoms with van der Waals surface area (Å²) >= 11 is 12.0. The summed E-state index contributed by atoms with van der Waals surface area (Å²) in [5.41, 5.74) is 0.840. The monoisotopic (exact) mass is 365 g/mol. The second-order valence-corrected chi connectivity index (χ2v) is 6.28. The van der Waals surface area contributed by atoms with Crippen LogP contribution in [0.4, 0.5) is 10.6 Å². The first-order chi connectivity index (χ1) is 11.6. The van der Waals surface area contributed by atoms with Crippen molar-refractivity contribution < 1.29 is 4.79 Å². The zero-order chi connectivity index (χ0) is 16.9. The Hall–Kier alpha value is -2.05. The van der Waals surface area contributed by atoms with Crippen LogP contribution < -0.4 is 10.2 Å². The number of urea groups is 1. The summed E-state index contributed by atoms with van der Waals surface area (Å²) in [7, 11) is 0. The number of halogens is 2. The number of nitrogens with one attached hydrogen (secondary N) is 1. The van der Waals surface area contributed by atoms with Crippen LogP contribution in [0.5, 0.6) is 0 Å². The molecule has 1 aromatic carbocycles. The van der Waals surface area contributed by atoms with E-state index in [1.54, 1.807) is 35.6 Å². The van der Waals surface area contributed by atoms with Crippen molar-refractivity contribution in [2.24, 2.45) is 0 Å². The van der Waals surface area contributed by atoms with Crippen molar-refractivity contribution >= 4 is 35.1 Å². The van der Waals surface area contributed by atoms with Crippen LogP contribution in [0.3, 0.4) is 0 Å². The molecule has 1 fully saturated rings. The predicted octanol–water partition coefficient (Wildman–Crippen LogP) is 2.82. The van der Waals surface area contributed by atoms with Gasteiger partial charge in [0, 0.05) is 55.2 Å². The number of aromatic nitrogens is 2. The summed E-state index contributed by atoms with van der Waals surface area (Å²) in [6.07, 6.45) is 5.05. The highest BCUT2D eigenvalue weighted by Gasteiger charge is 2.21. The number of rotatable bonds is 3. The molecule has 2 heterocycles. The summed E-state index contributed by atoms with van der Waals surface area (Å²) < 4.78 is 0. The quantitative estimate of drug-likeness (QED) is 0.908. The summed E-state index contributed by atoms with van der Waals surface area (Å²) in [6.45, 7) is 3.11. The van der Waals surface area contributed by atoms with Crippen LogP contribution in [0.25, 0.3) is 0 Å². The third-order valence-electron chi connectivity index (χ3n) is 3.89. The van der Waals surface area contributed by atoms with Crippen LogP contribution in [-0.2, 0) is 6.54 Å². The van der Waals surface area contributed by atoms with E-state index in [-0.39, 0.29) is 6.03 Å². The normalized spacial score (nSPS) is 14.6. The van der Waals surface area contributed by atoms with Gasteiger partial charge in [0.2, 0.25) is 0 Å². The Bertz CT molecular complexity index is 705. The largest absolute Gasteiger partial charge is 0.352 e. The fourth-order valence-electron chi connectivity index (χ4n) is 2.54. The van der Waals surface area contributed by atoms with Crippen LogP contribution in [0, 0.1) is 0 Å². The molecule has 0 unspecified atom stereocenters. The van der Waals surface area contributed by atoms with Crippen molar-refractivity contribution in [2.45, 2.75) is 6.54 Å². The van der Waals surface area contributed by atoms with Crippen molar-refractivity contribution in [1.82, 2.24) is 20.2 Å². The number of nitrogens with zero attached hydrogens (tertiary/aromatic N) is 4. The average molecular weight is 366 g/mol. The van der Waals surface area contributed by atoms with Crippen molar-refractivity contribution in [2.75, 3.05) is 31.1 Å². The molecular formula is C16H17Cl2N5O. The minimum atomic E-state index is -0.0974. The van der Waals surface area contributed by atoms with Crippen molar-refractivity contribution in [3.63, 3.8) is 0 Å². The smallest absolute Gasteiger partial charge is 0.317 e. The lowest BCUT2D eigenvalue weighted by atomic mass is 10.2. The number of amides is 2. The minimum Gasteiger partial charge on any atom is -0.352 e. The standard InChI is InChI=1S/C16H17Cl2N5O/c17-13-2-1-12(14(18)9-13)10-21-16(24)23-7-5-22(6-8-23)15-11-19-3-4-20-15/h1-4,9,11H,5-8,10H2,(H,21,24). The van der Waals surface area contributed by atoms with E-state index in [0.29, 0.717) is 29.7 Å². The van der Waals surface area contributed by atoms with E-state index in [2.05, 4.69) is 20.2 Å².